The van der Waals surface area contributed by atoms with E-state index >= 15 is 0 Å². The fourth-order valence-electron chi connectivity index (χ4n) is 0.714. The highest BCUT2D eigenvalue weighted by Gasteiger charge is 2.07. The summed E-state index contributed by atoms with van der Waals surface area (Å²) in [5.74, 6) is 0. The average Bonchev–Trinajstić information content (AvgIpc) is 1.88. The Bertz CT molecular complexity index is 152. The molecule has 1 rings (SSSR count). The molecule has 0 radical (unpaired) electrons. The molecule has 56 valence electrons. The van der Waals surface area contributed by atoms with Crippen LogP contribution in [0, 0.1) is 0 Å². The van der Waals surface area contributed by atoms with E-state index in [1.807, 2.05) is 18.2 Å². The maximum Gasteiger partial charge on any atom is 0.209 e. The number of ether oxygens (including phenoxy) is 1. The van der Waals surface area contributed by atoms with E-state index in [9.17, 15) is 0 Å². The van der Waals surface area contributed by atoms with Crippen molar-refractivity contribution in [1.29, 1.82) is 0 Å². The second-order valence-electron chi connectivity index (χ2n) is 2.40. The molecule has 0 aliphatic carbocycles. The maximum atomic E-state index is 5.47. The molecule has 0 aromatic rings. The Morgan fingerprint density at radius 1 is 1.40 bits per heavy atom. The molecule has 1 atom stereocenters. The van der Waals surface area contributed by atoms with E-state index < -0.39 is 9.04 Å². The van der Waals surface area contributed by atoms with Gasteiger partial charge in [0.2, 0.25) is 6.29 Å². The molecule has 0 saturated heterocycles. The zero-order chi connectivity index (χ0) is 7.40. The fourth-order valence-corrected chi connectivity index (χ4v) is 1.41. The number of hydrogen-bond acceptors (Lipinski definition) is 2. The summed E-state index contributed by atoms with van der Waals surface area (Å²) in [5, 5.41) is 0. The van der Waals surface area contributed by atoms with E-state index in [-0.39, 0.29) is 6.29 Å². The van der Waals surface area contributed by atoms with Gasteiger partial charge in [0.1, 0.15) is 0 Å². The average molecular weight is 156 g/mol. The number of rotatable bonds is 2. The third-order valence-electron chi connectivity index (χ3n) is 1.08. The third kappa shape index (κ3) is 2.37. The van der Waals surface area contributed by atoms with Crippen molar-refractivity contribution in [1.82, 2.24) is 0 Å². The molecule has 0 aromatic heterocycles. The Morgan fingerprint density at radius 2 is 2.20 bits per heavy atom. The molecule has 1 aliphatic rings. The molecule has 0 aromatic carbocycles. The molecule has 1 heterocycles. The van der Waals surface area contributed by atoms with Gasteiger partial charge in [-0.15, -0.1) is 0 Å². The molecular formula is C7H12O2Si. The minimum absolute atomic E-state index is 0.128. The van der Waals surface area contributed by atoms with Crippen LogP contribution in [0.2, 0.25) is 13.1 Å². The minimum atomic E-state index is -0.954. The molecule has 0 bridgehead atoms. The first kappa shape index (κ1) is 7.56. The predicted molar refractivity (Wildman–Crippen MR) is 43.1 cm³/mol. The van der Waals surface area contributed by atoms with E-state index in [1.165, 1.54) is 0 Å². The number of hydrogen-bond donors (Lipinski definition) is 0. The van der Waals surface area contributed by atoms with E-state index in [1.54, 1.807) is 6.26 Å². The van der Waals surface area contributed by atoms with Gasteiger partial charge in [0.15, 0.2) is 9.04 Å². The Labute approximate surface area is 62.9 Å². The van der Waals surface area contributed by atoms with Crippen molar-refractivity contribution in [2.45, 2.75) is 19.4 Å². The van der Waals surface area contributed by atoms with Crippen LogP contribution < -0.4 is 0 Å². The van der Waals surface area contributed by atoms with Crippen molar-refractivity contribution in [2.24, 2.45) is 0 Å². The monoisotopic (exact) mass is 156 g/mol. The summed E-state index contributed by atoms with van der Waals surface area (Å²) >= 11 is 0. The van der Waals surface area contributed by atoms with E-state index in [2.05, 4.69) is 13.1 Å². The second kappa shape index (κ2) is 3.58. The topological polar surface area (TPSA) is 18.5 Å². The molecule has 0 spiro atoms. The van der Waals surface area contributed by atoms with Crippen LogP contribution in [0.4, 0.5) is 0 Å². The van der Waals surface area contributed by atoms with E-state index in [0.717, 1.165) is 0 Å². The van der Waals surface area contributed by atoms with Crippen molar-refractivity contribution in [3.05, 3.63) is 24.5 Å². The molecule has 1 aliphatic heterocycles. The largest absolute Gasteiger partial charge is 0.470 e. The molecule has 3 heteroatoms. The zero-order valence-corrected chi connectivity index (χ0v) is 7.44. The van der Waals surface area contributed by atoms with Crippen molar-refractivity contribution >= 4 is 9.04 Å². The highest BCUT2D eigenvalue weighted by atomic mass is 28.3. The SMILES string of the molecule is C[SiH](C)OC1C=CC=CO1. The first-order valence-corrected chi connectivity index (χ1v) is 6.21. The smallest absolute Gasteiger partial charge is 0.209 e. The highest BCUT2D eigenvalue weighted by Crippen LogP contribution is 2.04. The van der Waals surface area contributed by atoms with Gasteiger partial charge in [0.25, 0.3) is 0 Å². The van der Waals surface area contributed by atoms with Gasteiger partial charge in [-0.05, 0) is 25.2 Å². The van der Waals surface area contributed by atoms with Gasteiger partial charge in [0, 0.05) is 0 Å². The van der Waals surface area contributed by atoms with Gasteiger partial charge in [-0.1, -0.05) is 6.08 Å². The lowest BCUT2D eigenvalue weighted by Crippen LogP contribution is -2.20. The first-order valence-electron chi connectivity index (χ1n) is 3.43. The lowest BCUT2D eigenvalue weighted by molar-refractivity contribution is 0.00660. The lowest BCUT2D eigenvalue weighted by Gasteiger charge is -2.17. The van der Waals surface area contributed by atoms with Crippen LogP contribution in [0.3, 0.4) is 0 Å². The van der Waals surface area contributed by atoms with Crippen LogP contribution in [0.15, 0.2) is 24.5 Å². The maximum absolute atomic E-state index is 5.47. The van der Waals surface area contributed by atoms with E-state index in [0.29, 0.717) is 0 Å². The van der Waals surface area contributed by atoms with Crippen LogP contribution in [0.25, 0.3) is 0 Å². The molecule has 0 amide bonds. The fraction of sp³-hybridized carbons (Fsp3) is 0.429. The zero-order valence-electron chi connectivity index (χ0n) is 6.28. The van der Waals surface area contributed by atoms with E-state index in [4.69, 9.17) is 9.16 Å². The van der Waals surface area contributed by atoms with Gasteiger partial charge >= 0.3 is 0 Å². The van der Waals surface area contributed by atoms with Crippen molar-refractivity contribution < 1.29 is 9.16 Å². The third-order valence-corrected chi connectivity index (χ3v) is 1.89. The highest BCUT2D eigenvalue weighted by molar-refractivity contribution is 6.48. The van der Waals surface area contributed by atoms with Crippen molar-refractivity contribution in [3.8, 4) is 0 Å². The molecule has 10 heavy (non-hydrogen) atoms. The summed E-state index contributed by atoms with van der Waals surface area (Å²) in [7, 11) is -0.954. The molecule has 2 nitrogen and oxygen atoms in total. The number of allylic oxidation sites excluding steroid dienone is 2. The van der Waals surface area contributed by atoms with Crippen LogP contribution in [-0.2, 0) is 9.16 Å². The van der Waals surface area contributed by atoms with Crippen LogP contribution in [0.5, 0.6) is 0 Å². The summed E-state index contributed by atoms with van der Waals surface area (Å²) in [5.41, 5.74) is 0. The first-order chi connectivity index (χ1) is 4.79. The van der Waals surface area contributed by atoms with Crippen LogP contribution >= 0.6 is 0 Å². The Balaban J connectivity index is 2.30. The standard InChI is InChI=1S/C7H12O2Si/c1-10(2)9-7-5-3-4-6-8-7/h3-7,10H,1-2H3. The van der Waals surface area contributed by atoms with Gasteiger partial charge in [-0.2, -0.15) is 0 Å². The van der Waals surface area contributed by atoms with Crippen molar-refractivity contribution in [3.63, 3.8) is 0 Å². The molecule has 0 saturated carbocycles. The Morgan fingerprint density at radius 3 is 2.70 bits per heavy atom. The summed E-state index contributed by atoms with van der Waals surface area (Å²) in [6, 6.07) is 0. The predicted octanol–water partition coefficient (Wildman–Crippen LogP) is 1.41. The van der Waals surface area contributed by atoms with Gasteiger partial charge < -0.3 is 9.16 Å². The second-order valence-corrected chi connectivity index (χ2v) is 4.77. The van der Waals surface area contributed by atoms with Crippen LogP contribution in [0.1, 0.15) is 0 Å². The summed E-state index contributed by atoms with van der Waals surface area (Å²) < 4.78 is 10.6. The quantitative estimate of drug-likeness (QED) is 0.563. The van der Waals surface area contributed by atoms with Crippen LogP contribution in [-0.4, -0.2) is 15.3 Å². The normalized spacial score (nSPS) is 23.3. The summed E-state index contributed by atoms with van der Waals surface area (Å²) in [6.07, 6.45) is 7.22. The molecular weight excluding hydrogens is 144 g/mol. The Kier molecular flexibility index (Phi) is 2.71. The molecule has 0 N–H and O–H groups in total. The summed E-state index contributed by atoms with van der Waals surface area (Å²) in [4.78, 5) is 0. The van der Waals surface area contributed by atoms with Gasteiger partial charge in [-0.25, -0.2) is 0 Å². The minimum Gasteiger partial charge on any atom is -0.470 e. The van der Waals surface area contributed by atoms with Gasteiger partial charge in [-0.3, -0.25) is 0 Å². The molecule has 1 unspecified atom stereocenters. The summed E-state index contributed by atoms with van der Waals surface area (Å²) in [6.45, 7) is 4.24. The lowest BCUT2D eigenvalue weighted by atomic mass is 10.4. The van der Waals surface area contributed by atoms with Gasteiger partial charge in [0.05, 0.1) is 6.26 Å². The molecule has 0 fully saturated rings. The van der Waals surface area contributed by atoms with Crippen molar-refractivity contribution in [2.75, 3.05) is 0 Å². The Hall–Kier alpha value is -0.543.